The number of anilines is 3. The van der Waals surface area contributed by atoms with Crippen molar-refractivity contribution in [2.45, 2.75) is 19.8 Å². The molecule has 0 spiro atoms. The Morgan fingerprint density at radius 1 is 1.22 bits per heavy atom. The third-order valence-corrected chi connectivity index (χ3v) is 2.91. The summed E-state index contributed by atoms with van der Waals surface area (Å²) in [6.07, 6.45) is 1.83. The molecule has 3 N–H and O–H groups in total. The number of nitrogens with one attached hydrogen (secondary N) is 1. The molecule has 4 nitrogen and oxygen atoms in total. The molecule has 0 amide bonds. The van der Waals surface area contributed by atoms with Crippen LogP contribution in [0.3, 0.4) is 0 Å². The van der Waals surface area contributed by atoms with Crippen molar-refractivity contribution in [3.05, 3.63) is 40.6 Å². The molecular formula is C13H15BrN4. The van der Waals surface area contributed by atoms with Crippen LogP contribution in [0.5, 0.6) is 0 Å². The monoisotopic (exact) mass is 306 g/mol. The van der Waals surface area contributed by atoms with Crippen molar-refractivity contribution >= 4 is 33.3 Å². The van der Waals surface area contributed by atoms with E-state index < -0.39 is 0 Å². The fourth-order valence-corrected chi connectivity index (χ4v) is 1.86. The first-order valence-corrected chi connectivity index (χ1v) is 6.62. The van der Waals surface area contributed by atoms with E-state index in [-0.39, 0.29) is 0 Å². The van der Waals surface area contributed by atoms with Gasteiger partial charge in [0, 0.05) is 22.6 Å². The summed E-state index contributed by atoms with van der Waals surface area (Å²) in [5.74, 6) is 2.00. The van der Waals surface area contributed by atoms with Crippen LogP contribution in [0, 0.1) is 0 Å². The maximum absolute atomic E-state index is 5.77. The Bertz CT molecular complexity index is 525. The number of rotatable bonds is 4. The molecule has 0 bridgehead atoms. The van der Waals surface area contributed by atoms with E-state index in [1.54, 1.807) is 6.07 Å². The van der Waals surface area contributed by atoms with Crippen molar-refractivity contribution in [1.82, 2.24) is 9.97 Å². The van der Waals surface area contributed by atoms with Gasteiger partial charge in [0.1, 0.15) is 17.5 Å². The first-order valence-electron chi connectivity index (χ1n) is 5.83. The quantitative estimate of drug-likeness (QED) is 0.907. The average Bonchev–Trinajstić information content (AvgIpc) is 2.32. The topological polar surface area (TPSA) is 63.8 Å². The Hall–Kier alpha value is -1.62. The lowest BCUT2D eigenvalue weighted by molar-refractivity contribution is 0.839. The predicted molar refractivity (Wildman–Crippen MR) is 77.9 cm³/mol. The van der Waals surface area contributed by atoms with E-state index in [1.807, 2.05) is 24.3 Å². The minimum Gasteiger partial charge on any atom is -0.384 e. The molecule has 0 aliphatic rings. The van der Waals surface area contributed by atoms with Crippen LogP contribution in [-0.4, -0.2) is 9.97 Å². The molecule has 0 unspecified atom stereocenters. The molecule has 94 valence electrons. The van der Waals surface area contributed by atoms with E-state index in [2.05, 4.69) is 38.1 Å². The lowest BCUT2D eigenvalue weighted by Crippen LogP contribution is -2.03. The van der Waals surface area contributed by atoms with Crippen molar-refractivity contribution in [3.63, 3.8) is 0 Å². The zero-order chi connectivity index (χ0) is 13.0. The lowest BCUT2D eigenvalue weighted by Gasteiger charge is -2.08. The Balaban J connectivity index is 2.20. The first kappa shape index (κ1) is 12.8. The van der Waals surface area contributed by atoms with Gasteiger partial charge in [-0.2, -0.15) is 0 Å². The minimum atomic E-state index is 0.494. The van der Waals surface area contributed by atoms with Gasteiger partial charge in [-0.05, 0) is 30.7 Å². The number of nitrogens with two attached hydrogens (primary N) is 1. The summed E-state index contributed by atoms with van der Waals surface area (Å²) in [6.45, 7) is 2.09. The molecule has 18 heavy (non-hydrogen) atoms. The second-order valence-electron chi connectivity index (χ2n) is 3.98. The van der Waals surface area contributed by atoms with Crippen LogP contribution in [0.15, 0.2) is 34.8 Å². The van der Waals surface area contributed by atoms with Gasteiger partial charge >= 0.3 is 0 Å². The molecule has 0 saturated carbocycles. The highest BCUT2D eigenvalue weighted by Crippen LogP contribution is 2.19. The van der Waals surface area contributed by atoms with Gasteiger partial charge in [0.2, 0.25) is 0 Å². The van der Waals surface area contributed by atoms with Gasteiger partial charge in [0.25, 0.3) is 0 Å². The second kappa shape index (κ2) is 5.82. The third-order valence-electron chi connectivity index (χ3n) is 2.38. The summed E-state index contributed by atoms with van der Waals surface area (Å²) < 4.78 is 1.04. The molecule has 1 aromatic carbocycles. The SMILES string of the molecule is CCCc1nc(N)cc(Nc2ccc(Br)cc2)n1. The van der Waals surface area contributed by atoms with Crippen LogP contribution in [0.25, 0.3) is 0 Å². The minimum absolute atomic E-state index is 0.494. The summed E-state index contributed by atoms with van der Waals surface area (Å²) in [5, 5.41) is 3.22. The number of aromatic nitrogens is 2. The number of halogens is 1. The Morgan fingerprint density at radius 2 is 1.94 bits per heavy atom. The van der Waals surface area contributed by atoms with Crippen LogP contribution in [0.1, 0.15) is 19.2 Å². The van der Waals surface area contributed by atoms with Crippen molar-refractivity contribution in [2.75, 3.05) is 11.1 Å². The lowest BCUT2D eigenvalue weighted by atomic mass is 10.3. The summed E-state index contributed by atoms with van der Waals surface area (Å²) in [6, 6.07) is 9.63. The zero-order valence-electron chi connectivity index (χ0n) is 10.2. The van der Waals surface area contributed by atoms with E-state index in [0.29, 0.717) is 5.82 Å². The number of nitrogens with zero attached hydrogens (tertiary/aromatic N) is 2. The maximum atomic E-state index is 5.77. The molecule has 2 rings (SSSR count). The highest BCUT2D eigenvalue weighted by atomic mass is 79.9. The van der Waals surface area contributed by atoms with Gasteiger partial charge < -0.3 is 11.1 Å². The van der Waals surface area contributed by atoms with E-state index in [9.17, 15) is 0 Å². The highest BCUT2D eigenvalue weighted by Gasteiger charge is 2.02. The molecule has 0 radical (unpaired) electrons. The second-order valence-corrected chi connectivity index (χ2v) is 4.89. The highest BCUT2D eigenvalue weighted by molar-refractivity contribution is 9.10. The smallest absolute Gasteiger partial charge is 0.136 e. The largest absolute Gasteiger partial charge is 0.384 e. The van der Waals surface area contributed by atoms with E-state index >= 15 is 0 Å². The van der Waals surface area contributed by atoms with Gasteiger partial charge in [-0.25, -0.2) is 9.97 Å². The van der Waals surface area contributed by atoms with Crippen LogP contribution >= 0.6 is 15.9 Å². The molecule has 1 aromatic heterocycles. The van der Waals surface area contributed by atoms with Crippen molar-refractivity contribution in [3.8, 4) is 0 Å². The number of hydrogen-bond acceptors (Lipinski definition) is 4. The van der Waals surface area contributed by atoms with Gasteiger partial charge in [0.05, 0.1) is 0 Å². The number of hydrogen-bond donors (Lipinski definition) is 2. The predicted octanol–water partition coefficient (Wildman–Crippen LogP) is 3.52. The van der Waals surface area contributed by atoms with Gasteiger partial charge in [-0.1, -0.05) is 22.9 Å². The van der Waals surface area contributed by atoms with Crippen LogP contribution in [0.4, 0.5) is 17.3 Å². The molecule has 0 aliphatic carbocycles. The maximum Gasteiger partial charge on any atom is 0.136 e. The van der Waals surface area contributed by atoms with Crippen molar-refractivity contribution in [2.24, 2.45) is 0 Å². The molecule has 2 aromatic rings. The molecular weight excluding hydrogens is 292 g/mol. The van der Waals surface area contributed by atoms with Crippen molar-refractivity contribution < 1.29 is 0 Å². The summed E-state index contributed by atoms with van der Waals surface area (Å²) in [4.78, 5) is 8.63. The number of aryl methyl sites for hydroxylation is 1. The van der Waals surface area contributed by atoms with Crippen LogP contribution in [0.2, 0.25) is 0 Å². The van der Waals surface area contributed by atoms with Gasteiger partial charge in [-0.3, -0.25) is 0 Å². The molecule has 5 heteroatoms. The summed E-state index contributed by atoms with van der Waals surface area (Å²) >= 11 is 3.40. The molecule has 1 heterocycles. The molecule has 0 saturated heterocycles. The normalized spacial score (nSPS) is 10.3. The van der Waals surface area contributed by atoms with E-state index in [0.717, 1.165) is 34.6 Å². The molecule has 0 atom stereocenters. The Labute approximate surface area is 115 Å². The molecule has 0 aliphatic heterocycles. The van der Waals surface area contributed by atoms with Gasteiger partial charge in [0.15, 0.2) is 0 Å². The number of nitrogen functional groups attached to an aromatic ring is 1. The zero-order valence-corrected chi connectivity index (χ0v) is 11.7. The van der Waals surface area contributed by atoms with Crippen molar-refractivity contribution in [1.29, 1.82) is 0 Å². The Morgan fingerprint density at radius 3 is 2.61 bits per heavy atom. The number of benzene rings is 1. The van der Waals surface area contributed by atoms with Gasteiger partial charge in [-0.15, -0.1) is 0 Å². The van der Waals surface area contributed by atoms with E-state index in [1.165, 1.54) is 0 Å². The summed E-state index contributed by atoms with van der Waals surface area (Å²) in [7, 11) is 0. The van der Waals surface area contributed by atoms with Crippen LogP contribution < -0.4 is 11.1 Å². The fourth-order valence-electron chi connectivity index (χ4n) is 1.60. The molecule has 0 fully saturated rings. The standard InChI is InChI=1S/C13H15BrN4/c1-2-3-12-17-11(15)8-13(18-12)16-10-6-4-9(14)5-7-10/h4-8H,2-3H2,1H3,(H3,15,16,17,18). The fraction of sp³-hybridized carbons (Fsp3) is 0.231. The third kappa shape index (κ3) is 3.43. The Kier molecular flexibility index (Phi) is 4.15. The van der Waals surface area contributed by atoms with E-state index in [4.69, 9.17) is 5.73 Å². The average molecular weight is 307 g/mol. The summed E-state index contributed by atoms with van der Waals surface area (Å²) in [5.41, 5.74) is 6.74. The van der Waals surface area contributed by atoms with Crippen LogP contribution in [-0.2, 0) is 6.42 Å². The first-order chi connectivity index (χ1) is 8.67.